The first-order valence-electron chi connectivity index (χ1n) is 13.3. The van der Waals surface area contributed by atoms with E-state index in [0.29, 0.717) is 11.0 Å². The van der Waals surface area contributed by atoms with Gasteiger partial charge in [-0.05, 0) is 67.1 Å². The molecule has 2 aromatic heterocycles. The van der Waals surface area contributed by atoms with E-state index in [1.54, 1.807) is 12.3 Å². The third kappa shape index (κ3) is 4.63. The summed E-state index contributed by atoms with van der Waals surface area (Å²) in [4.78, 5) is 27.7. The van der Waals surface area contributed by atoms with Gasteiger partial charge in [-0.15, -0.1) is 0 Å². The molecule has 1 fully saturated rings. The normalized spacial score (nSPS) is 17.6. The Balaban J connectivity index is 1.20. The van der Waals surface area contributed by atoms with E-state index in [0.717, 1.165) is 16.7 Å². The first-order valence-corrected chi connectivity index (χ1v) is 13.3. The lowest BCUT2D eigenvalue weighted by atomic mass is 9.77. The Kier molecular flexibility index (Phi) is 6.39. The molecule has 0 radical (unpaired) electrons. The van der Waals surface area contributed by atoms with Gasteiger partial charge in [-0.2, -0.15) is 5.10 Å². The highest BCUT2D eigenvalue weighted by molar-refractivity contribution is 6.56. The van der Waals surface area contributed by atoms with Crippen molar-refractivity contribution in [2.45, 2.75) is 44.8 Å². The summed E-state index contributed by atoms with van der Waals surface area (Å²) >= 11 is 0. The number of fused-ring (bicyclic) bond motifs is 4. The van der Waals surface area contributed by atoms with E-state index in [1.165, 1.54) is 22.0 Å². The van der Waals surface area contributed by atoms with Gasteiger partial charge in [0.05, 0.1) is 11.2 Å². The van der Waals surface area contributed by atoms with Crippen LogP contribution in [0.15, 0.2) is 77.4 Å². The summed E-state index contributed by atoms with van der Waals surface area (Å²) in [5, 5.41) is 7.03. The Bertz CT molecular complexity index is 1630. The maximum atomic E-state index is 12.9. The fraction of sp³-hybridized carbons (Fsp3) is 0.300. The lowest BCUT2D eigenvalue weighted by Crippen LogP contribution is -2.41. The molecule has 4 aromatic rings. The van der Waals surface area contributed by atoms with Gasteiger partial charge in [0.15, 0.2) is 0 Å². The predicted octanol–water partition coefficient (Wildman–Crippen LogP) is 4.58. The van der Waals surface area contributed by atoms with Crippen molar-refractivity contribution < 1.29 is 18.8 Å². The highest BCUT2D eigenvalue weighted by Crippen LogP contribution is 2.44. The smallest absolute Gasteiger partial charge is 0.449 e. The molecule has 0 unspecified atom stereocenters. The van der Waals surface area contributed by atoms with Crippen LogP contribution >= 0.6 is 0 Å². The molecule has 6 rings (SSSR count). The second kappa shape index (κ2) is 9.80. The van der Waals surface area contributed by atoms with Gasteiger partial charge >= 0.3 is 13.2 Å². The van der Waals surface area contributed by atoms with Crippen LogP contribution in [0.25, 0.3) is 22.7 Å². The molecular formula is C30H31BN4O5. The number of hydrogen-bond donors (Lipinski definition) is 2. The molecule has 0 bridgehead atoms. The van der Waals surface area contributed by atoms with Crippen LogP contribution < -0.4 is 10.9 Å². The molecule has 2 N–H and O–H groups in total. The molecule has 204 valence electrons. The van der Waals surface area contributed by atoms with Gasteiger partial charge in [0.2, 0.25) is 0 Å². The van der Waals surface area contributed by atoms with Crippen molar-refractivity contribution in [2.75, 3.05) is 13.2 Å². The third-order valence-electron chi connectivity index (χ3n) is 8.12. The first kappa shape index (κ1) is 26.1. The Hall–Kier alpha value is -4.15. The van der Waals surface area contributed by atoms with Crippen LogP contribution in [0.3, 0.4) is 0 Å². The minimum absolute atomic E-state index is 0.0318. The van der Waals surface area contributed by atoms with Crippen molar-refractivity contribution in [3.05, 3.63) is 99.6 Å². The van der Waals surface area contributed by atoms with Crippen LogP contribution in [0, 0.1) is 0 Å². The topological polar surface area (TPSA) is 107 Å². The van der Waals surface area contributed by atoms with E-state index in [1.807, 2.05) is 58.0 Å². The largest absolute Gasteiger partial charge is 0.492 e. The number of benzene rings is 2. The minimum atomic E-state index is -0.701. The minimum Gasteiger partial charge on any atom is -0.449 e. The average Bonchev–Trinajstić information content (AvgIpc) is 3.55. The Morgan fingerprint density at radius 1 is 1.07 bits per heavy atom. The van der Waals surface area contributed by atoms with Crippen molar-refractivity contribution in [2.24, 2.45) is 0 Å². The molecule has 1 aliphatic carbocycles. The van der Waals surface area contributed by atoms with Gasteiger partial charge in [-0.1, -0.05) is 54.6 Å². The first-order chi connectivity index (χ1) is 19.1. The number of ether oxygens (including phenoxy) is 1. The van der Waals surface area contributed by atoms with E-state index in [4.69, 9.17) is 14.0 Å². The Morgan fingerprint density at radius 3 is 2.33 bits per heavy atom. The number of hydrogen-bond acceptors (Lipinski definition) is 6. The number of aromatic nitrogens is 3. The number of carbonyl (C=O) groups is 1. The summed E-state index contributed by atoms with van der Waals surface area (Å²) in [6.45, 7) is 8.23. The van der Waals surface area contributed by atoms with Gasteiger partial charge in [0, 0.05) is 18.7 Å². The molecule has 10 heteroatoms. The fourth-order valence-electron chi connectivity index (χ4n) is 5.27. The SMILES string of the molecule is CC1(C)OB(C(=Cc2cc3c(=O)[nH]cnn3c2)CNC(=O)OCC2c3ccccc3-c3ccccc32)OC1(C)C. The Labute approximate surface area is 232 Å². The number of nitrogens with one attached hydrogen (secondary N) is 2. The molecule has 40 heavy (non-hydrogen) atoms. The van der Waals surface area contributed by atoms with E-state index in [2.05, 4.69) is 39.7 Å². The van der Waals surface area contributed by atoms with Crippen LogP contribution in [-0.2, 0) is 14.0 Å². The van der Waals surface area contributed by atoms with Gasteiger partial charge in [-0.3, -0.25) is 4.79 Å². The second-order valence-corrected chi connectivity index (χ2v) is 11.2. The predicted molar refractivity (Wildman–Crippen MR) is 153 cm³/mol. The van der Waals surface area contributed by atoms with Crippen LogP contribution in [0.4, 0.5) is 4.79 Å². The molecular weight excluding hydrogens is 507 g/mol. The average molecular weight is 538 g/mol. The maximum absolute atomic E-state index is 12.9. The zero-order valence-electron chi connectivity index (χ0n) is 22.9. The van der Waals surface area contributed by atoms with Crippen molar-refractivity contribution in [1.29, 1.82) is 0 Å². The van der Waals surface area contributed by atoms with Crippen LogP contribution in [0.5, 0.6) is 0 Å². The third-order valence-corrected chi connectivity index (χ3v) is 8.12. The summed E-state index contributed by atoms with van der Waals surface area (Å²) in [6, 6.07) is 18.2. The van der Waals surface area contributed by atoms with E-state index < -0.39 is 24.4 Å². The van der Waals surface area contributed by atoms with Gasteiger partial charge in [-0.25, -0.2) is 9.31 Å². The molecule has 2 aromatic carbocycles. The molecule has 9 nitrogen and oxygen atoms in total. The lowest BCUT2D eigenvalue weighted by Gasteiger charge is -2.32. The lowest BCUT2D eigenvalue weighted by molar-refractivity contribution is 0.00578. The summed E-state index contributed by atoms with van der Waals surface area (Å²) < 4.78 is 19.8. The maximum Gasteiger partial charge on any atom is 0.492 e. The highest BCUT2D eigenvalue weighted by Gasteiger charge is 2.52. The molecule has 2 aliphatic rings. The molecule has 1 aliphatic heterocycles. The van der Waals surface area contributed by atoms with Crippen LogP contribution in [0.2, 0.25) is 0 Å². The summed E-state index contributed by atoms with van der Waals surface area (Å²) in [5.41, 5.74) is 5.09. The molecule has 0 spiro atoms. The number of nitrogens with zero attached hydrogens (tertiary/aromatic N) is 2. The molecule has 0 saturated carbocycles. The second-order valence-electron chi connectivity index (χ2n) is 11.2. The van der Waals surface area contributed by atoms with E-state index in [-0.39, 0.29) is 24.6 Å². The summed E-state index contributed by atoms with van der Waals surface area (Å²) in [7, 11) is -0.701. The molecule has 1 amide bonds. The van der Waals surface area contributed by atoms with E-state index in [9.17, 15) is 9.59 Å². The van der Waals surface area contributed by atoms with Crippen molar-refractivity contribution in [1.82, 2.24) is 19.9 Å². The van der Waals surface area contributed by atoms with Gasteiger partial charge in [0.1, 0.15) is 18.5 Å². The molecule has 0 atom stereocenters. The summed E-state index contributed by atoms with van der Waals surface area (Å²) in [6.07, 6.45) is 4.39. The molecule has 1 saturated heterocycles. The Morgan fingerprint density at radius 2 is 1.70 bits per heavy atom. The zero-order valence-corrected chi connectivity index (χ0v) is 22.9. The fourth-order valence-corrected chi connectivity index (χ4v) is 5.27. The van der Waals surface area contributed by atoms with Gasteiger partial charge < -0.3 is 24.3 Å². The standard InChI is InChI=1S/C30H31BN4O5/c1-29(2)30(3,4)40-31(39-29)20(13-19-14-26-27(36)33-18-34-35(26)16-19)15-32-28(37)38-17-25-23-11-7-5-9-21(23)22-10-6-8-12-24(22)25/h5-14,16,18,25H,15,17H2,1-4H3,(H,32,37)(H,33,34,36). The quantitative estimate of drug-likeness (QED) is 0.348. The number of H-pyrrole nitrogens is 1. The van der Waals surface area contributed by atoms with Crippen molar-refractivity contribution in [3.63, 3.8) is 0 Å². The van der Waals surface area contributed by atoms with Crippen molar-refractivity contribution >= 4 is 24.8 Å². The number of rotatable bonds is 6. The number of amides is 1. The van der Waals surface area contributed by atoms with Crippen LogP contribution in [0.1, 0.15) is 50.3 Å². The van der Waals surface area contributed by atoms with Crippen molar-refractivity contribution in [3.8, 4) is 11.1 Å². The van der Waals surface area contributed by atoms with Gasteiger partial charge in [0.25, 0.3) is 5.56 Å². The number of alkyl carbamates (subject to hydrolysis) is 1. The monoisotopic (exact) mass is 538 g/mol. The number of carbonyl (C=O) groups excluding carboxylic acids is 1. The highest BCUT2D eigenvalue weighted by atomic mass is 16.7. The molecule has 3 heterocycles. The van der Waals surface area contributed by atoms with Crippen LogP contribution in [-0.4, -0.2) is 52.2 Å². The van der Waals surface area contributed by atoms with E-state index >= 15 is 0 Å². The number of aromatic amines is 1. The zero-order chi connectivity index (χ0) is 28.1. The summed E-state index contributed by atoms with van der Waals surface area (Å²) in [5.74, 6) is -0.0318.